The van der Waals surface area contributed by atoms with E-state index >= 15 is 0 Å². The van der Waals surface area contributed by atoms with E-state index in [-0.39, 0.29) is 0 Å². The van der Waals surface area contributed by atoms with Crippen LogP contribution in [0.3, 0.4) is 0 Å². The third kappa shape index (κ3) is 3.46. The summed E-state index contributed by atoms with van der Waals surface area (Å²) in [6, 6.07) is 13.8. The molecule has 2 aromatic carbocycles. The van der Waals surface area contributed by atoms with E-state index in [4.69, 9.17) is 5.73 Å². The number of anilines is 1. The molecule has 0 fully saturated rings. The first-order valence-electron chi connectivity index (χ1n) is 8.95. The van der Waals surface area contributed by atoms with Gasteiger partial charge in [-0.2, -0.15) is 0 Å². The van der Waals surface area contributed by atoms with Crippen LogP contribution in [0.4, 0.5) is 5.82 Å². The SMILES string of the molecule is Cc1ccc(-c2csc3ncnc(NCc4cccc(C(N)=O)c4)c23)cc1C. The largest absolute Gasteiger partial charge is 0.366 e. The molecule has 4 rings (SSSR count). The van der Waals surface area contributed by atoms with E-state index in [2.05, 4.69) is 52.7 Å². The summed E-state index contributed by atoms with van der Waals surface area (Å²) in [5, 5.41) is 6.54. The maximum Gasteiger partial charge on any atom is 0.248 e. The van der Waals surface area contributed by atoms with Gasteiger partial charge in [-0.1, -0.05) is 30.3 Å². The van der Waals surface area contributed by atoms with Gasteiger partial charge in [0.05, 0.1) is 5.39 Å². The summed E-state index contributed by atoms with van der Waals surface area (Å²) in [7, 11) is 0. The van der Waals surface area contributed by atoms with Gasteiger partial charge in [0.25, 0.3) is 0 Å². The highest BCUT2D eigenvalue weighted by Gasteiger charge is 2.13. The third-order valence-corrected chi connectivity index (χ3v) is 5.75. The molecule has 2 aromatic heterocycles. The number of nitrogens with zero attached hydrogens (tertiary/aromatic N) is 2. The van der Waals surface area contributed by atoms with E-state index in [1.54, 1.807) is 29.8 Å². The number of aromatic nitrogens is 2. The topological polar surface area (TPSA) is 80.9 Å². The lowest BCUT2D eigenvalue weighted by atomic mass is 10.0. The van der Waals surface area contributed by atoms with Gasteiger partial charge in [-0.15, -0.1) is 11.3 Å². The average Bonchev–Trinajstić information content (AvgIpc) is 3.13. The van der Waals surface area contributed by atoms with Gasteiger partial charge in [-0.3, -0.25) is 4.79 Å². The van der Waals surface area contributed by atoms with Gasteiger partial charge in [-0.05, 0) is 48.2 Å². The predicted molar refractivity (Wildman–Crippen MR) is 115 cm³/mol. The van der Waals surface area contributed by atoms with Crippen molar-refractivity contribution in [1.82, 2.24) is 9.97 Å². The van der Waals surface area contributed by atoms with Crippen molar-refractivity contribution in [1.29, 1.82) is 0 Å². The van der Waals surface area contributed by atoms with Crippen molar-refractivity contribution in [2.75, 3.05) is 5.32 Å². The molecule has 0 spiro atoms. The molecule has 5 nitrogen and oxygen atoms in total. The van der Waals surface area contributed by atoms with Crippen LogP contribution in [-0.2, 0) is 6.54 Å². The molecule has 0 radical (unpaired) electrons. The zero-order valence-corrected chi connectivity index (χ0v) is 16.5. The molecule has 0 saturated heterocycles. The Bertz CT molecular complexity index is 1180. The normalized spacial score (nSPS) is 10.9. The molecule has 2 heterocycles. The Kier molecular flexibility index (Phi) is 4.79. The minimum atomic E-state index is -0.430. The molecule has 0 saturated carbocycles. The molecule has 28 heavy (non-hydrogen) atoms. The van der Waals surface area contributed by atoms with Crippen LogP contribution in [0.15, 0.2) is 54.2 Å². The average molecular weight is 388 g/mol. The van der Waals surface area contributed by atoms with Crippen molar-refractivity contribution >= 4 is 33.3 Å². The van der Waals surface area contributed by atoms with Gasteiger partial charge in [-0.25, -0.2) is 9.97 Å². The van der Waals surface area contributed by atoms with Gasteiger partial charge >= 0.3 is 0 Å². The molecular formula is C22H20N4OS. The number of benzene rings is 2. The van der Waals surface area contributed by atoms with Crippen LogP contribution in [0, 0.1) is 13.8 Å². The smallest absolute Gasteiger partial charge is 0.248 e. The molecule has 0 aliphatic rings. The highest BCUT2D eigenvalue weighted by atomic mass is 32.1. The van der Waals surface area contributed by atoms with E-state index in [1.165, 1.54) is 11.1 Å². The molecular weight excluding hydrogens is 368 g/mol. The van der Waals surface area contributed by atoms with Crippen molar-refractivity contribution in [3.8, 4) is 11.1 Å². The summed E-state index contributed by atoms with van der Waals surface area (Å²) in [5.74, 6) is 0.352. The van der Waals surface area contributed by atoms with Gasteiger partial charge in [0, 0.05) is 23.1 Å². The number of nitrogens with one attached hydrogen (secondary N) is 1. The second kappa shape index (κ2) is 7.40. The van der Waals surface area contributed by atoms with Crippen LogP contribution in [0.5, 0.6) is 0 Å². The summed E-state index contributed by atoms with van der Waals surface area (Å²) >= 11 is 1.61. The first-order chi connectivity index (χ1) is 13.5. The second-order valence-electron chi connectivity index (χ2n) is 6.77. The zero-order valence-electron chi connectivity index (χ0n) is 15.7. The standard InChI is InChI=1S/C22H20N4OS/c1-13-6-7-16(8-14(13)2)18-11-28-22-19(18)21(25-12-26-22)24-10-15-4-3-5-17(9-15)20(23)27/h3-9,11-12H,10H2,1-2H3,(H2,23,27)(H,24,25,26). The van der Waals surface area contributed by atoms with Crippen LogP contribution in [-0.4, -0.2) is 15.9 Å². The molecule has 1 amide bonds. The maximum absolute atomic E-state index is 11.4. The summed E-state index contributed by atoms with van der Waals surface area (Å²) in [4.78, 5) is 21.2. The fourth-order valence-electron chi connectivity index (χ4n) is 3.15. The lowest BCUT2D eigenvalue weighted by Crippen LogP contribution is -2.11. The Morgan fingerprint density at radius 1 is 1.11 bits per heavy atom. The van der Waals surface area contributed by atoms with Crippen LogP contribution in [0.2, 0.25) is 0 Å². The molecule has 140 valence electrons. The van der Waals surface area contributed by atoms with E-state index in [1.807, 2.05) is 12.1 Å². The zero-order chi connectivity index (χ0) is 19.7. The van der Waals surface area contributed by atoms with Gasteiger partial charge in [0.1, 0.15) is 17.0 Å². The highest BCUT2D eigenvalue weighted by molar-refractivity contribution is 7.17. The molecule has 6 heteroatoms. The van der Waals surface area contributed by atoms with Crippen molar-refractivity contribution in [2.24, 2.45) is 5.73 Å². The molecule has 4 aromatic rings. The quantitative estimate of drug-likeness (QED) is 0.520. The van der Waals surface area contributed by atoms with Crippen LogP contribution in [0.1, 0.15) is 27.0 Å². The number of carbonyl (C=O) groups is 1. The Balaban J connectivity index is 1.70. The first-order valence-corrected chi connectivity index (χ1v) is 9.83. The van der Waals surface area contributed by atoms with E-state index < -0.39 is 5.91 Å². The molecule has 0 aliphatic heterocycles. The number of aryl methyl sites for hydroxylation is 2. The Morgan fingerprint density at radius 2 is 1.96 bits per heavy atom. The summed E-state index contributed by atoms with van der Waals surface area (Å²) < 4.78 is 0. The van der Waals surface area contributed by atoms with Gasteiger partial charge in [0.15, 0.2) is 0 Å². The van der Waals surface area contributed by atoms with Crippen LogP contribution in [0.25, 0.3) is 21.3 Å². The molecule has 0 unspecified atom stereocenters. The number of hydrogen-bond donors (Lipinski definition) is 2. The maximum atomic E-state index is 11.4. The number of primary amides is 1. The number of thiophene rings is 1. The number of amides is 1. The molecule has 3 N–H and O–H groups in total. The summed E-state index contributed by atoms with van der Waals surface area (Å²) in [6.07, 6.45) is 1.57. The van der Waals surface area contributed by atoms with Crippen LogP contribution >= 0.6 is 11.3 Å². The van der Waals surface area contributed by atoms with E-state index in [0.29, 0.717) is 12.1 Å². The fraction of sp³-hybridized carbons (Fsp3) is 0.136. The van der Waals surface area contributed by atoms with Gasteiger partial charge < -0.3 is 11.1 Å². The Labute approximate surface area is 167 Å². The fourth-order valence-corrected chi connectivity index (χ4v) is 4.07. The van der Waals surface area contributed by atoms with E-state index in [0.717, 1.165) is 32.7 Å². The Morgan fingerprint density at radius 3 is 2.75 bits per heavy atom. The first kappa shape index (κ1) is 18.1. The lowest BCUT2D eigenvalue weighted by Gasteiger charge is -2.10. The number of fused-ring (bicyclic) bond motifs is 1. The lowest BCUT2D eigenvalue weighted by molar-refractivity contribution is 0.1000. The highest BCUT2D eigenvalue weighted by Crippen LogP contribution is 2.37. The minimum absolute atomic E-state index is 0.430. The van der Waals surface area contributed by atoms with Crippen molar-refractivity contribution in [3.63, 3.8) is 0 Å². The van der Waals surface area contributed by atoms with Crippen molar-refractivity contribution in [2.45, 2.75) is 20.4 Å². The number of rotatable bonds is 5. The Hall–Kier alpha value is -3.25. The molecule has 0 aliphatic carbocycles. The molecule has 0 bridgehead atoms. The third-order valence-electron chi connectivity index (χ3n) is 4.86. The second-order valence-corrected chi connectivity index (χ2v) is 7.63. The molecule has 0 atom stereocenters. The van der Waals surface area contributed by atoms with Crippen molar-refractivity contribution in [3.05, 3.63) is 76.4 Å². The monoisotopic (exact) mass is 388 g/mol. The van der Waals surface area contributed by atoms with E-state index in [9.17, 15) is 4.79 Å². The minimum Gasteiger partial charge on any atom is -0.366 e. The number of nitrogens with two attached hydrogens (primary N) is 1. The van der Waals surface area contributed by atoms with Gasteiger partial charge in [0.2, 0.25) is 5.91 Å². The van der Waals surface area contributed by atoms with Crippen molar-refractivity contribution < 1.29 is 4.79 Å². The number of hydrogen-bond acceptors (Lipinski definition) is 5. The summed E-state index contributed by atoms with van der Waals surface area (Å²) in [6.45, 7) is 4.77. The predicted octanol–water partition coefficient (Wildman–Crippen LogP) is 4.69. The summed E-state index contributed by atoms with van der Waals surface area (Å²) in [5.41, 5.74) is 11.6. The van der Waals surface area contributed by atoms with Crippen LogP contribution < -0.4 is 11.1 Å². The number of carbonyl (C=O) groups excluding carboxylic acids is 1.